The molecule has 0 aliphatic heterocycles. The van der Waals surface area contributed by atoms with E-state index in [4.69, 9.17) is 0 Å². The molecular formula is C25H35N5O2. The first-order valence-electron chi connectivity index (χ1n) is 11.2. The van der Waals surface area contributed by atoms with E-state index in [2.05, 4.69) is 48.9 Å². The van der Waals surface area contributed by atoms with Gasteiger partial charge in [0.25, 0.3) is 0 Å². The predicted molar refractivity (Wildman–Crippen MR) is 130 cm³/mol. The number of aryl methyl sites for hydroxylation is 1. The molecule has 0 aliphatic carbocycles. The van der Waals surface area contributed by atoms with Crippen molar-refractivity contribution in [2.24, 2.45) is 5.41 Å². The van der Waals surface area contributed by atoms with E-state index >= 15 is 0 Å². The van der Waals surface area contributed by atoms with Gasteiger partial charge in [0.15, 0.2) is 0 Å². The molecule has 3 rings (SSSR count). The van der Waals surface area contributed by atoms with Crippen LogP contribution in [-0.4, -0.2) is 52.0 Å². The minimum Gasteiger partial charge on any atom is -0.353 e. The zero-order chi connectivity index (χ0) is 23.6. The molecule has 2 heterocycles. The van der Waals surface area contributed by atoms with Crippen molar-refractivity contribution < 1.29 is 9.59 Å². The lowest BCUT2D eigenvalue weighted by Gasteiger charge is -2.24. The van der Waals surface area contributed by atoms with Crippen molar-refractivity contribution in [3.05, 3.63) is 35.5 Å². The van der Waals surface area contributed by atoms with Gasteiger partial charge in [-0.15, -0.1) is 0 Å². The molecular weight excluding hydrogens is 402 g/mol. The van der Waals surface area contributed by atoms with Gasteiger partial charge >= 0.3 is 0 Å². The van der Waals surface area contributed by atoms with Crippen LogP contribution >= 0.6 is 0 Å². The summed E-state index contributed by atoms with van der Waals surface area (Å²) in [6, 6.07) is 8.06. The molecule has 0 unspecified atom stereocenters. The minimum atomic E-state index is -0.129. The van der Waals surface area contributed by atoms with Crippen LogP contribution in [-0.2, 0) is 16.0 Å². The van der Waals surface area contributed by atoms with Crippen LogP contribution in [0.3, 0.4) is 0 Å². The largest absolute Gasteiger partial charge is 0.353 e. The third-order valence-electron chi connectivity index (χ3n) is 5.90. The molecule has 0 spiro atoms. The molecule has 0 saturated carbocycles. The molecule has 7 nitrogen and oxygen atoms in total. The highest BCUT2D eigenvalue weighted by molar-refractivity contribution is 5.98. The highest BCUT2D eigenvalue weighted by Crippen LogP contribution is 2.31. The van der Waals surface area contributed by atoms with E-state index in [0.717, 1.165) is 46.5 Å². The number of amides is 2. The summed E-state index contributed by atoms with van der Waals surface area (Å²) >= 11 is 0. The first-order chi connectivity index (χ1) is 15.0. The van der Waals surface area contributed by atoms with Crippen LogP contribution in [0.25, 0.3) is 22.3 Å². The number of nitrogens with one attached hydrogen (secondary N) is 2. The number of H-pyrrole nitrogens is 2. The maximum Gasteiger partial charge on any atom is 0.246 e. The van der Waals surface area contributed by atoms with E-state index in [9.17, 15) is 9.59 Å². The molecule has 2 N–H and O–H groups in total. The van der Waals surface area contributed by atoms with Crippen LogP contribution in [0.5, 0.6) is 0 Å². The number of benzene rings is 1. The Bertz CT molecular complexity index is 1120. The van der Waals surface area contributed by atoms with Crippen LogP contribution in [0.2, 0.25) is 0 Å². The predicted octanol–water partition coefficient (Wildman–Crippen LogP) is 4.68. The van der Waals surface area contributed by atoms with Crippen molar-refractivity contribution in [1.29, 1.82) is 0 Å². The molecule has 32 heavy (non-hydrogen) atoms. The van der Waals surface area contributed by atoms with E-state index in [-0.39, 0.29) is 23.8 Å². The fraction of sp³-hybridized carbons (Fsp3) is 0.480. The standard InChI is InChI=1S/C25H35N5O2/c1-8-30(23(32)15-29(7)17(3)31)19-10-9-18-13-22(26-21(18)14-19)24-20(16(2)27-28-24)11-12-25(4,5)6/h9-10,13-14,26H,8,11-12,15H2,1-7H3,(H,27,28). The SMILES string of the molecule is CCN(C(=O)CN(C)C(C)=O)c1ccc2cc(-c3n[nH]c(C)c3CCC(C)(C)C)[nH]c2c1. The number of hydrogen-bond acceptors (Lipinski definition) is 3. The van der Waals surface area contributed by atoms with Gasteiger partial charge < -0.3 is 14.8 Å². The molecule has 0 atom stereocenters. The Labute approximate surface area is 190 Å². The van der Waals surface area contributed by atoms with Crippen molar-refractivity contribution in [2.75, 3.05) is 25.0 Å². The number of aromatic nitrogens is 3. The Kier molecular flexibility index (Phi) is 6.77. The summed E-state index contributed by atoms with van der Waals surface area (Å²) in [7, 11) is 1.64. The van der Waals surface area contributed by atoms with Gasteiger partial charge in [-0.05, 0) is 50.3 Å². The van der Waals surface area contributed by atoms with Gasteiger partial charge in [-0.3, -0.25) is 14.7 Å². The van der Waals surface area contributed by atoms with E-state index in [1.165, 1.54) is 17.4 Å². The molecule has 7 heteroatoms. The van der Waals surface area contributed by atoms with Gasteiger partial charge in [-0.1, -0.05) is 26.8 Å². The number of nitrogens with zero attached hydrogens (tertiary/aromatic N) is 3. The fourth-order valence-corrected chi connectivity index (χ4v) is 3.79. The van der Waals surface area contributed by atoms with Gasteiger partial charge in [-0.2, -0.15) is 5.10 Å². The Morgan fingerprint density at radius 2 is 1.88 bits per heavy atom. The highest BCUT2D eigenvalue weighted by atomic mass is 16.2. The maximum atomic E-state index is 12.8. The van der Waals surface area contributed by atoms with Gasteiger partial charge in [0.2, 0.25) is 11.8 Å². The first kappa shape index (κ1) is 23.6. The third-order valence-corrected chi connectivity index (χ3v) is 5.90. The Balaban J connectivity index is 1.90. The summed E-state index contributed by atoms with van der Waals surface area (Å²) in [5.74, 6) is -0.237. The molecule has 2 amide bonds. The lowest BCUT2D eigenvalue weighted by atomic mass is 9.88. The summed E-state index contributed by atoms with van der Waals surface area (Å²) in [4.78, 5) is 30.9. The Hall–Kier alpha value is -3.09. The lowest BCUT2D eigenvalue weighted by Crippen LogP contribution is -2.40. The lowest BCUT2D eigenvalue weighted by molar-refractivity contribution is -0.132. The van der Waals surface area contributed by atoms with E-state index in [0.29, 0.717) is 6.54 Å². The molecule has 0 aliphatic rings. The van der Waals surface area contributed by atoms with Crippen molar-refractivity contribution in [1.82, 2.24) is 20.1 Å². The molecule has 172 valence electrons. The first-order valence-corrected chi connectivity index (χ1v) is 11.2. The molecule has 0 radical (unpaired) electrons. The molecule has 1 aromatic carbocycles. The summed E-state index contributed by atoms with van der Waals surface area (Å²) in [6.07, 6.45) is 2.04. The van der Waals surface area contributed by atoms with E-state index in [1.807, 2.05) is 25.1 Å². The summed E-state index contributed by atoms with van der Waals surface area (Å²) in [5, 5.41) is 8.78. The van der Waals surface area contributed by atoms with Crippen molar-refractivity contribution >= 4 is 28.4 Å². The Morgan fingerprint density at radius 1 is 1.16 bits per heavy atom. The number of aromatic amines is 2. The van der Waals surface area contributed by atoms with Crippen LogP contribution in [0.15, 0.2) is 24.3 Å². The zero-order valence-electron chi connectivity index (χ0n) is 20.3. The van der Waals surface area contributed by atoms with Crippen LogP contribution < -0.4 is 4.90 Å². The average molecular weight is 438 g/mol. The highest BCUT2D eigenvalue weighted by Gasteiger charge is 2.20. The molecule has 0 bridgehead atoms. The minimum absolute atomic E-state index is 0.0564. The smallest absolute Gasteiger partial charge is 0.246 e. The second-order valence-corrected chi connectivity index (χ2v) is 9.70. The van der Waals surface area contributed by atoms with E-state index < -0.39 is 0 Å². The summed E-state index contributed by atoms with van der Waals surface area (Å²) in [5.41, 5.74) is 6.27. The quantitative estimate of drug-likeness (QED) is 0.563. The summed E-state index contributed by atoms with van der Waals surface area (Å²) in [6.45, 7) is 12.8. The normalized spacial score (nSPS) is 11.7. The van der Waals surface area contributed by atoms with Crippen molar-refractivity contribution in [3.63, 3.8) is 0 Å². The monoisotopic (exact) mass is 437 g/mol. The van der Waals surface area contributed by atoms with Crippen LogP contribution in [0, 0.1) is 12.3 Å². The second-order valence-electron chi connectivity index (χ2n) is 9.70. The number of anilines is 1. The number of rotatable bonds is 7. The number of carbonyl (C=O) groups excluding carboxylic acids is 2. The number of likely N-dealkylation sites (N-methyl/N-ethyl adjacent to an activating group) is 2. The zero-order valence-corrected chi connectivity index (χ0v) is 20.3. The molecule has 3 aromatic rings. The van der Waals surface area contributed by atoms with Crippen molar-refractivity contribution in [2.45, 2.75) is 54.4 Å². The average Bonchev–Trinajstić information content (AvgIpc) is 3.28. The maximum absolute atomic E-state index is 12.8. The number of carbonyl (C=O) groups is 2. The van der Waals surface area contributed by atoms with Gasteiger partial charge in [-0.25, -0.2) is 0 Å². The van der Waals surface area contributed by atoms with Gasteiger partial charge in [0.05, 0.1) is 12.2 Å². The summed E-state index contributed by atoms with van der Waals surface area (Å²) < 4.78 is 0. The number of fused-ring (bicyclic) bond motifs is 1. The van der Waals surface area contributed by atoms with E-state index in [1.54, 1.807) is 11.9 Å². The Morgan fingerprint density at radius 3 is 2.50 bits per heavy atom. The molecule has 0 fully saturated rings. The molecule has 0 saturated heterocycles. The molecule has 2 aromatic heterocycles. The number of hydrogen-bond donors (Lipinski definition) is 2. The van der Waals surface area contributed by atoms with Gasteiger partial charge in [0.1, 0.15) is 5.69 Å². The second kappa shape index (κ2) is 9.18. The topological polar surface area (TPSA) is 85.1 Å². The van der Waals surface area contributed by atoms with Gasteiger partial charge in [0, 0.05) is 48.4 Å². The third kappa shape index (κ3) is 5.21. The van der Waals surface area contributed by atoms with Crippen molar-refractivity contribution in [3.8, 4) is 11.4 Å². The van der Waals surface area contributed by atoms with Crippen LogP contribution in [0.4, 0.5) is 5.69 Å². The van der Waals surface area contributed by atoms with Crippen LogP contribution in [0.1, 0.15) is 52.3 Å². The fourth-order valence-electron chi connectivity index (χ4n) is 3.79.